The first kappa shape index (κ1) is 33.2. The van der Waals surface area contributed by atoms with E-state index in [1.54, 1.807) is 7.11 Å². The second kappa shape index (κ2) is 11.3. The highest BCUT2D eigenvalue weighted by Gasteiger charge is 2.81. The van der Waals surface area contributed by atoms with Gasteiger partial charge in [-0.15, -0.1) is 0 Å². The van der Waals surface area contributed by atoms with Gasteiger partial charge in [-0.25, -0.2) is 4.79 Å². The molecule has 1 spiro atoms. The van der Waals surface area contributed by atoms with E-state index in [-0.39, 0.29) is 12.1 Å². The quantitative estimate of drug-likeness (QED) is 0.297. The second-order valence-corrected chi connectivity index (χ2v) is 20.1. The van der Waals surface area contributed by atoms with Gasteiger partial charge < -0.3 is 28.6 Å². The number of fused-ring (bicyclic) bond motifs is 1. The molecule has 2 saturated heterocycles. The van der Waals surface area contributed by atoms with Gasteiger partial charge in [0.25, 0.3) is 0 Å². The Balaban J connectivity index is 1.77. The summed E-state index contributed by atoms with van der Waals surface area (Å²) >= 11 is 0. The Morgan fingerprint density at radius 2 is 1.70 bits per heavy atom. The minimum absolute atomic E-state index is 0.0931. The standard InChI is InChI=1S/C34H54N2O7Si/c1-12-32-18-25(43-44(20(2)3,21(4)5)22(6)7)19-36-16-15-33(28(32)36)26-14-13-24(40-10)17-27(26)35(9)29(33)34(39,31(38)41-11)30(32)42-23(8)37/h13-14,17,20-22,25,28-30,39H,12,15-16,18-19H2,1-11H3/t25-,28-,29+,30+,32+,33+,34-/m0/s1. The highest BCUT2D eigenvalue weighted by Crippen LogP contribution is 2.68. The number of benzene rings is 1. The van der Waals surface area contributed by atoms with Crippen LogP contribution in [0.2, 0.25) is 16.6 Å². The number of esters is 2. The maximum absolute atomic E-state index is 14.1. The van der Waals surface area contributed by atoms with Crippen molar-refractivity contribution >= 4 is 25.9 Å². The number of anilines is 1. The lowest BCUT2D eigenvalue weighted by Crippen LogP contribution is -2.82. The van der Waals surface area contributed by atoms with Gasteiger partial charge in [0, 0.05) is 49.1 Å². The van der Waals surface area contributed by atoms with Crippen LogP contribution in [0.5, 0.6) is 5.75 Å². The van der Waals surface area contributed by atoms with E-state index < -0.39 is 48.8 Å². The molecule has 0 aromatic heterocycles. The summed E-state index contributed by atoms with van der Waals surface area (Å²) in [5.41, 5.74) is -0.308. The Kier molecular flexibility index (Phi) is 8.52. The molecule has 0 unspecified atom stereocenters. The van der Waals surface area contributed by atoms with Gasteiger partial charge in [0.15, 0.2) is 6.10 Å². The molecule has 1 aliphatic carbocycles. The van der Waals surface area contributed by atoms with Gasteiger partial charge in [0.2, 0.25) is 13.9 Å². The van der Waals surface area contributed by atoms with Crippen molar-refractivity contribution in [1.29, 1.82) is 0 Å². The number of ether oxygens (including phenoxy) is 3. The van der Waals surface area contributed by atoms with Crippen molar-refractivity contribution in [2.75, 3.05) is 39.3 Å². The molecule has 1 N–H and O–H groups in total. The Labute approximate surface area is 264 Å². The topological polar surface area (TPSA) is 97.8 Å². The summed E-state index contributed by atoms with van der Waals surface area (Å²) in [7, 11) is 2.57. The van der Waals surface area contributed by atoms with Crippen LogP contribution in [-0.4, -0.2) is 94.5 Å². The fourth-order valence-corrected chi connectivity index (χ4v) is 16.5. The monoisotopic (exact) mass is 630 g/mol. The van der Waals surface area contributed by atoms with Gasteiger partial charge in [0.1, 0.15) is 5.75 Å². The number of hydrogen-bond acceptors (Lipinski definition) is 9. The van der Waals surface area contributed by atoms with E-state index in [0.29, 0.717) is 35.2 Å². The van der Waals surface area contributed by atoms with E-state index >= 15 is 0 Å². The molecule has 1 aromatic carbocycles. The summed E-state index contributed by atoms with van der Waals surface area (Å²) in [5, 5.41) is 13.0. The van der Waals surface area contributed by atoms with E-state index in [1.807, 2.05) is 24.1 Å². The van der Waals surface area contributed by atoms with Crippen LogP contribution in [0, 0.1) is 5.41 Å². The molecule has 7 atom stereocenters. The van der Waals surface area contributed by atoms with E-state index in [4.69, 9.17) is 18.6 Å². The lowest BCUT2D eigenvalue weighted by Gasteiger charge is -2.66. The number of carbonyl (C=O) groups excluding carboxylic acids is 2. The number of methoxy groups -OCH3 is 2. The van der Waals surface area contributed by atoms with Crippen molar-refractivity contribution in [1.82, 2.24) is 4.90 Å². The SMILES string of the molecule is CC[C@]12C[C@H](O[Si](C(C)C)(C(C)C)C(C)C)CN3CC[C@@]4(c5ccc(OC)cc5N(C)[C@H]4[C@@](O)(C(=O)OC)[C@@H]1OC(C)=O)[C@@H]32. The Bertz CT molecular complexity index is 1270. The Morgan fingerprint density at radius 1 is 1.07 bits per heavy atom. The van der Waals surface area contributed by atoms with Crippen LogP contribution in [0.4, 0.5) is 5.69 Å². The van der Waals surface area contributed by atoms with Crippen molar-refractivity contribution in [3.8, 4) is 5.75 Å². The summed E-state index contributed by atoms with van der Waals surface area (Å²) in [4.78, 5) is 31.5. The molecule has 0 radical (unpaired) electrons. The van der Waals surface area contributed by atoms with Crippen molar-refractivity contribution in [2.24, 2.45) is 5.41 Å². The molecule has 9 nitrogen and oxygen atoms in total. The zero-order valence-electron chi connectivity index (χ0n) is 28.6. The highest BCUT2D eigenvalue weighted by atomic mass is 28.4. The molecule has 0 bridgehead atoms. The van der Waals surface area contributed by atoms with Crippen molar-refractivity contribution in [3.05, 3.63) is 23.8 Å². The van der Waals surface area contributed by atoms with Gasteiger partial charge in [0.05, 0.1) is 26.4 Å². The van der Waals surface area contributed by atoms with Crippen LogP contribution in [0.25, 0.3) is 0 Å². The average molecular weight is 631 g/mol. The van der Waals surface area contributed by atoms with Gasteiger partial charge in [-0.05, 0) is 54.1 Å². The van der Waals surface area contributed by atoms with Crippen LogP contribution in [0.1, 0.15) is 80.2 Å². The molecule has 4 aliphatic rings. The third-order valence-electron chi connectivity index (χ3n) is 12.1. The predicted octanol–water partition coefficient (Wildman–Crippen LogP) is 5.04. The molecule has 5 rings (SSSR count). The molecule has 3 fully saturated rings. The van der Waals surface area contributed by atoms with Gasteiger partial charge in [-0.1, -0.05) is 54.5 Å². The van der Waals surface area contributed by atoms with E-state index in [1.165, 1.54) is 14.0 Å². The summed E-state index contributed by atoms with van der Waals surface area (Å²) in [6.07, 6.45) is 0.646. The minimum atomic E-state index is -2.28. The summed E-state index contributed by atoms with van der Waals surface area (Å²) in [6, 6.07) is 5.26. The molecule has 246 valence electrons. The molecule has 44 heavy (non-hydrogen) atoms. The average Bonchev–Trinajstić information content (AvgIpc) is 3.47. The van der Waals surface area contributed by atoms with Crippen LogP contribution < -0.4 is 9.64 Å². The number of hydrogen-bond donors (Lipinski definition) is 1. The van der Waals surface area contributed by atoms with Crippen LogP contribution in [0.15, 0.2) is 18.2 Å². The number of piperidine rings is 1. The summed E-state index contributed by atoms with van der Waals surface area (Å²) < 4.78 is 24.7. The molecule has 3 aliphatic heterocycles. The summed E-state index contributed by atoms with van der Waals surface area (Å²) in [5.74, 6) is -0.599. The molecule has 1 saturated carbocycles. The zero-order valence-corrected chi connectivity index (χ0v) is 29.6. The molecule has 3 heterocycles. The smallest absolute Gasteiger partial charge is 0.344 e. The predicted molar refractivity (Wildman–Crippen MR) is 173 cm³/mol. The molecular formula is C34H54N2O7Si. The normalized spacial score (nSPS) is 34.7. The van der Waals surface area contributed by atoms with E-state index in [2.05, 4.69) is 59.4 Å². The first-order valence-corrected chi connectivity index (χ1v) is 18.6. The number of aliphatic hydroxyl groups is 1. The zero-order chi connectivity index (χ0) is 32.6. The Morgan fingerprint density at radius 3 is 2.23 bits per heavy atom. The van der Waals surface area contributed by atoms with Crippen LogP contribution in [0.3, 0.4) is 0 Å². The van der Waals surface area contributed by atoms with Crippen molar-refractivity contribution in [2.45, 2.75) is 127 Å². The van der Waals surface area contributed by atoms with Gasteiger partial charge in [-0.2, -0.15) is 0 Å². The first-order chi connectivity index (χ1) is 20.6. The first-order valence-electron chi connectivity index (χ1n) is 16.4. The lowest BCUT2D eigenvalue weighted by molar-refractivity contribution is -0.248. The lowest BCUT2D eigenvalue weighted by atomic mass is 9.46. The summed E-state index contributed by atoms with van der Waals surface area (Å²) in [6.45, 7) is 18.8. The maximum Gasteiger partial charge on any atom is 0.344 e. The fraction of sp³-hybridized carbons (Fsp3) is 0.765. The van der Waals surface area contributed by atoms with E-state index in [0.717, 1.165) is 30.8 Å². The van der Waals surface area contributed by atoms with Gasteiger partial charge in [-0.3, -0.25) is 9.69 Å². The maximum atomic E-state index is 14.1. The van der Waals surface area contributed by atoms with Crippen molar-refractivity contribution in [3.63, 3.8) is 0 Å². The molecule has 1 aromatic rings. The highest BCUT2D eigenvalue weighted by molar-refractivity contribution is 6.77. The minimum Gasteiger partial charge on any atom is -0.497 e. The number of likely N-dealkylation sites (N-methyl/N-ethyl adjacent to an activating group) is 1. The fourth-order valence-electron chi connectivity index (χ4n) is 11.0. The third kappa shape index (κ3) is 4.19. The number of nitrogens with zero attached hydrogens (tertiary/aromatic N) is 2. The van der Waals surface area contributed by atoms with Crippen molar-refractivity contribution < 1.29 is 33.3 Å². The number of rotatable bonds is 9. The van der Waals surface area contributed by atoms with Crippen LogP contribution in [-0.2, 0) is 28.9 Å². The molecule has 0 amide bonds. The largest absolute Gasteiger partial charge is 0.497 e. The second-order valence-electron chi connectivity index (χ2n) is 14.7. The van der Waals surface area contributed by atoms with Crippen LogP contribution >= 0.6 is 0 Å². The molecule has 10 heteroatoms. The van der Waals surface area contributed by atoms with Gasteiger partial charge >= 0.3 is 11.9 Å². The Hall–Kier alpha value is -2.14. The van der Waals surface area contributed by atoms with E-state index in [9.17, 15) is 14.7 Å². The third-order valence-corrected chi connectivity index (χ3v) is 18.2. The molecular weight excluding hydrogens is 576 g/mol. The number of carbonyl (C=O) groups is 2.